The van der Waals surface area contributed by atoms with E-state index in [2.05, 4.69) is 16.1 Å². The van der Waals surface area contributed by atoms with Crippen molar-refractivity contribution in [3.63, 3.8) is 0 Å². The van der Waals surface area contributed by atoms with Crippen molar-refractivity contribution >= 4 is 5.84 Å². The zero-order chi connectivity index (χ0) is 5.28. The number of hydrogen-bond acceptors (Lipinski definition) is 3. The van der Waals surface area contributed by atoms with Crippen molar-refractivity contribution in [2.45, 2.75) is 6.92 Å². The summed E-state index contributed by atoms with van der Waals surface area (Å²) in [6.45, 7) is 1.83. The summed E-state index contributed by atoms with van der Waals surface area (Å²) in [4.78, 5) is 0. The third-order valence-corrected chi connectivity index (χ3v) is 0.651. The smallest absolute Gasteiger partial charge is 0.0218 e. The second-order valence-electron chi connectivity index (χ2n) is 1.38. The van der Waals surface area contributed by atoms with Crippen LogP contribution in [0.1, 0.15) is 6.92 Å². The summed E-state index contributed by atoms with van der Waals surface area (Å²) in [7, 11) is 1.79. The number of nitrogens with zero attached hydrogens (tertiary/aromatic N) is 3. The fourth-order valence-electron chi connectivity index (χ4n) is 0.407. The third-order valence-electron chi connectivity index (χ3n) is 0.651. The molecule has 0 radical (unpaired) electrons. The van der Waals surface area contributed by atoms with E-state index in [0.717, 1.165) is 5.84 Å². The number of hydrazone groups is 1. The highest BCUT2D eigenvalue weighted by Gasteiger charge is 1.86. The molecule has 0 unspecified atom stereocenters. The topological polar surface area (TPSA) is 41.7 Å². The molecule has 7 heavy (non-hydrogen) atoms. The van der Waals surface area contributed by atoms with Gasteiger partial charge in [0.25, 0.3) is 0 Å². The van der Waals surface area contributed by atoms with Crippen molar-refractivity contribution < 1.29 is 0 Å². The molecule has 0 spiro atoms. The van der Waals surface area contributed by atoms with E-state index in [1.165, 1.54) is 0 Å². The Kier molecular flexibility index (Phi) is 0.867. The van der Waals surface area contributed by atoms with Gasteiger partial charge in [-0.15, -0.1) is 0 Å². The van der Waals surface area contributed by atoms with E-state index in [1.54, 1.807) is 12.2 Å². The number of hydrogen-bond donors (Lipinski definition) is 1. The summed E-state index contributed by atoms with van der Waals surface area (Å²) in [5.41, 5.74) is 6.37. The van der Waals surface area contributed by atoms with Gasteiger partial charge in [0.05, 0.1) is 0 Å². The van der Waals surface area contributed by atoms with Crippen LogP contribution in [0.2, 0.25) is 0 Å². The Hall–Kier alpha value is -0.770. The van der Waals surface area contributed by atoms with Gasteiger partial charge in [0.2, 0.25) is 0 Å². The molecule has 1 heterocycles. The minimum atomic E-state index is 0.766. The molecule has 1 N–H and O–H groups in total. The first-order chi connectivity index (χ1) is 3.29. The van der Waals surface area contributed by atoms with Crippen molar-refractivity contribution in [3.05, 3.63) is 5.43 Å². The minimum absolute atomic E-state index is 0.766. The first-order valence-electron chi connectivity index (χ1n) is 2.04. The van der Waals surface area contributed by atoms with Crippen LogP contribution in [0, 0.1) is 0 Å². The minimum Gasteiger partial charge on any atom is -0.386 e. The molecule has 0 aliphatic carbocycles. The summed E-state index contributed by atoms with van der Waals surface area (Å²) >= 11 is 0. The molecule has 40 valence electrons. The van der Waals surface area contributed by atoms with Crippen molar-refractivity contribution in [1.82, 2.24) is 10.7 Å². The van der Waals surface area contributed by atoms with E-state index >= 15 is 0 Å². The van der Waals surface area contributed by atoms with Gasteiger partial charge in [-0.1, -0.05) is 5.84 Å². The maximum absolute atomic E-state index is 3.86. The van der Waals surface area contributed by atoms with Crippen LogP contribution in [-0.4, -0.2) is 18.0 Å². The third kappa shape index (κ3) is 0.806. The van der Waals surface area contributed by atoms with Gasteiger partial charge < -0.3 is 15.6 Å². The van der Waals surface area contributed by atoms with Gasteiger partial charge in [-0.25, -0.2) is 5.53 Å². The maximum atomic E-state index is 3.86. The Balaban J connectivity index is 2.50. The van der Waals surface area contributed by atoms with Crippen LogP contribution < -0.4 is 5.53 Å². The standard InChI is InChI=1S/C3H7N4/c1-3-4-6-7(2)5-3/h6H,1-2H3/q-1. The van der Waals surface area contributed by atoms with Crippen molar-refractivity contribution in [1.29, 1.82) is 0 Å². The maximum Gasteiger partial charge on any atom is 0.0218 e. The summed E-state index contributed by atoms with van der Waals surface area (Å²) in [5, 5.41) is 5.41. The average Bonchev–Trinajstić information content (AvgIpc) is 1.87. The molecule has 0 fully saturated rings. The Morgan fingerprint density at radius 2 is 2.57 bits per heavy atom. The summed E-state index contributed by atoms with van der Waals surface area (Å²) in [5.74, 6) is 0.766. The average molecular weight is 99.1 g/mol. The first kappa shape index (κ1) is 4.39. The Labute approximate surface area is 42.1 Å². The second-order valence-corrected chi connectivity index (χ2v) is 1.38. The predicted octanol–water partition coefficient (Wildman–Crippen LogP) is 0.0585. The molecule has 0 aromatic heterocycles. The van der Waals surface area contributed by atoms with E-state index in [4.69, 9.17) is 0 Å². The van der Waals surface area contributed by atoms with Crippen LogP contribution in [0.15, 0.2) is 5.10 Å². The molecule has 0 amide bonds. The monoisotopic (exact) mass is 99.1 g/mol. The van der Waals surface area contributed by atoms with E-state index < -0.39 is 0 Å². The second kappa shape index (κ2) is 1.38. The molecule has 1 rings (SSSR count). The summed E-state index contributed by atoms with van der Waals surface area (Å²) < 4.78 is 0. The predicted molar refractivity (Wildman–Crippen MR) is 27.4 cm³/mol. The Morgan fingerprint density at radius 1 is 1.86 bits per heavy atom. The first-order valence-corrected chi connectivity index (χ1v) is 2.04. The lowest BCUT2D eigenvalue weighted by Crippen LogP contribution is -2.19. The number of rotatable bonds is 0. The summed E-state index contributed by atoms with van der Waals surface area (Å²) in [6, 6.07) is 0. The van der Waals surface area contributed by atoms with E-state index in [0.29, 0.717) is 0 Å². The highest BCUT2D eigenvalue weighted by molar-refractivity contribution is 5.91. The highest BCUT2D eigenvalue weighted by Crippen LogP contribution is 1.96. The van der Waals surface area contributed by atoms with Crippen LogP contribution >= 0.6 is 0 Å². The largest absolute Gasteiger partial charge is 0.386 e. The lowest BCUT2D eigenvalue weighted by Gasteiger charge is -2.12. The van der Waals surface area contributed by atoms with Crippen LogP contribution in [0.5, 0.6) is 0 Å². The zero-order valence-corrected chi connectivity index (χ0v) is 4.34. The van der Waals surface area contributed by atoms with Gasteiger partial charge in [0.15, 0.2) is 0 Å². The molecule has 0 saturated carbocycles. The quantitative estimate of drug-likeness (QED) is 0.466. The molecule has 1 aliphatic heterocycles. The van der Waals surface area contributed by atoms with Crippen LogP contribution in [0.3, 0.4) is 0 Å². The Bertz CT molecular complexity index is 97.1. The van der Waals surface area contributed by atoms with Gasteiger partial charge in [0, 0.05) is 7.05 Å². The van der Waals surface area contributed by atoms with Crippen molar-refractivity contribution in [2.24, 2.45) is 5.10 Å². The molecule has 4 heteroatoms. The fraction of sp³-hybridized carbons (Fsp3) is 0.667. The molecular formula is C3H7N4-. The number of hydrazine groups is 1. The van der Waals surface area contributed by atoms with Crippen LogP contribution in [0.4, 0.5) is 0 Å². The van der Waals surface area contributed by atoms with E-state index in [-0.39, 0.29) is 0 Å². The number of nitrogens with one attached hydrogen (secondary N) is 1. The lowest BCUT2D eigenvalue weighted by molar-refractivity contribution is 0.307. The molecular weight excluding hydrogens is 92.1 g/mol. The Morgan fingerprint density at radius 3 is 2.71 bits per heavy atom. The van der Waals surface area contributed by atoms with Gasteiger partial charge in [-0.2, -0.15) is 0 Å². The van der Waals surface area contributed by atoms with Crippen LogP contribution in [-0.2, 0) is 0 Å². The van der Waals surface area contributed by atoms with Gasteiger partial charge in [-0.3, -0.25) is 0 Å². The van der Waals surface area contributed by atoms with Gasteiger partial charge in [0.1, 0.15) is 0 Å². The molecule has 1 aliphatic rings. The fourth-order valence-corrected chi connectivity index (χ4v) is 0.407. The molecule has 0 aromatic rings. The zero-order valence-electron chi connectivity index (χ0n) is 4.34. The molecule has 0 aromatic carbocycles. The van der Waals surface area contributed by atoms with Gasteiger partial charge in [-0.05, 0) is 6.92 Å². The van der Waals surface area contributed by atoms with Crippen molar-refractivity contribution in [2.75, 3.05) is 7.05 Å². The number of amidine groups is 1. The highest BCUT2D eigenvalue weighted by atomic mass is 15.8. The molecule has 0 bridgehead atoms. The van der Waals surface area contributed by atoms with Crippen LogP contribution in [0.25, 0.3) is 5.43 Å². The van der Waals surface area contributed by atoms with Gasteiger partial charge >= 0.3 is 0 Å². The van der Waals surface area contributed by atoms with E-state index in [9.17, 15) is 0 Å². The lowest BCUT2D eigenvalue weighted by atomic mass is 10.7. The normalized spacial score (nSPS) is 19.1. The summed E-state index contributed by atoms with van der Waals surface area (Å²) in [6.07, 6.45) is 0. The molecule has 0 saturated heterocycles. The SMILES string of the molecule is CC1=NN(C)N[N-]1. The van der Waals surface area contributed by atoms with Crippen molar-refractivity contribution in [3.8, 4) is 0 Å². The molecule has 0 atom stereocenters. The molecule has 4 nitrogen and oxygen atoms in total. The van der Waals surface area contributed by atoms with E-state index in [1.807, 2.05) is 6.92 Å².